The van der Waals surface area contributed by atoms with E-state index < -0.39 is 0 Å². The molecule has 0 saturated carbocycles. The highest BCUT2D eigenvalue weighted by Gasteiger charge is 2.34. The van der Waals surface area contributed by atoms with Gasteiger partial charge in [-0.1, -0.05) is 42.2 Å². The number of hydrogen-bond donors (Lipinski definition) is 0. The number of aryl methyl sites for hydroxylation is 1. The number of halogens is 1. The second kappa shape index (κ2) is 7.13. The highest BCUT2D eigenvalue weighted by Crippen LogP contribution is 2.37. The van der Waals surface area contributed by atoms with E-state index in [1.807, 2.05) is 31.2 Å². The van der Waals surface area contributed by atoms with Crippen molar-refractivity contribution < 1.29 is 13.6 Å². The number of amides is 1. The lowest BCUT2D eigenvalue weighted by atomic mass is 10.2. The molecule has 2 heterocycles. The number of carbonyl (C=O) groups excluding carboxylic acids is 1. The van der Waals surface area contributed by atoms with Crippen molar-refractivity contribution in [2.24, 2.45) is 0 Å². The molecule has 0 N–H and O–H groups in total. The molecule has 1 saturated heterocycles. The first-order valence-electron chi connectivity index (χ1n) is 8.22. The molecule has 0 radical (unpaired) electrons. The predicted octanol–water partition coefficient (Wildman–Crippen LogP) is 5.80. The largest absolute Gasteiger partial charge is 0.457 e. The molecule has 2 aromatic carbocycles. The summed E-state index contributed by atoms with van der Waals surface area (Å²) in [4.78, 5) is 14.9. The Hall–Kier alpha value is -2.70. The van der Waals surface area contributed by atoms with Gasteiger partial charge in [0.2, 0.25) is 0 Å². The van der Waals surface area contributed by atoms with E-state index in [-0.39, 0.29) is 11.7 Å². The summed E-state index contributed by atoms with van der Waals surface area (Å²) >= 11 is 6.65. The normalized spacial score (nSPS) is 15.8. The van der Waals surface area contributed by atoms with Gasteiger partial charge in [0.05, 0.1) is 10.6 Å². The number of thiocarbonyl (C=S) groups is 1. The van der Waals surface area contributed by atoms with Crippen molar-refractivity contribution in [3.05, 3.63) is 82.7 Å². The first-order chi connectivity index (χ1) is 13.0. The standard InChI is InChI=1S/C21H14FNO2S2/c1-13-4-2-3-5-17(13)23-20(24)19(27-21(23)26)12-16-10-11-18(25-16)14-6-8-15(22)9-7-14/h2-12H,1H3/b19-12+. The van der Waals surface area contributed by atoms with Crippen molar-refractivity contribution in [1.82, 2.24) is 0 Å². The minimum Gasteiger partial charge on any atom is -0.457 e. The second-order valence-electron chi connectivity index (χ2n) is 6.01. The molecule has 0 unspecified atom stereocenters. The first kappa shape index (κ1) is 17.7. The smallest absolute Gasteiger partial charge is 0.270 e. The summed E-state index contributed by atoms with van der Waals surface area (Å²) in [6.45, 7) is 1.94. The van der Waals surface area contributed by atoms with Gasteiger partial charge in [0.15, 0.2) is 4.32 Å². The quantitative estimate of drug-likeness (QED) is 0.415. The van der Waals surface area contributed by atoms with Crippen LogP contribution in [-0.4, -0.2) is 10.2 Å². The van der Waals surface area contributed by atoms with Crippen LogP contribution in [0.25, 0.3) is 17.4 Å². The Morgan fingerprint density at radius 2 is 1.81 bits per heavy atom. The monoisotopic (exact) mass is 395 g/mol. The van der Waals surface area contributed by atoms with Gasteiger partial charge in [-0.3, -0.25) is 9.69 Å². The number of para-hydroxylation sites is 1. The molecule has 27 heavy (non-hydrogen) atoms. The van der Waals surface area contributed by atoms with E-state index in [1.165, 1.54) is 23.9 Å². The summed E-state index contributed by atoms with van der Waals surface area (Å²) < 4.78 is 19.4. The zero-order valence-electron chi connectivity index (χ0n) is 14.3. The Bertz CT molecular complexity index is 1070. The molecule has 1 aliphatic rings. The third-order valence-corrected chi connectivity index (χ3v) is 5.48. The fraction of sp³-hybridized carbons (Fsp3) is 0.0476. The van der Waals surface area contributed by atoms with Crippen LogP contribution in [0.15, 0.2) is 70.0 Å². The number of benzene rings is 2. The van der Waals surface area contributed by atoms with Crippen LogP contribution in [0.1, 0.15) is 11.3 Å². The Morgan fingerprint density at radius 3 is 2.56 bits per heavy atom. The van der Waals surface area contributed by atoms with Crippen molar-refractivity contribution in [3.8, 4) is 11.3 Å². The van der Waals surface area contributed by atoms with Gasteiger partial charge in [0.25, 0.3) is 5.91 Å². The van der Waals surface area contributed by atoms with Gasteiger partial charge < -0.3 is 4.42 Å². The number of thioether (sulfide) groups is 1. The van der Waals surface area contributed by atoms with Crippen LogP contribution in [0.3, 0.4) is 0 Å². The third kappa shape index (κ3) is 3.46. The highest BCUT2D eigenvalue weighted by molar-refractivity contribution is 8.27. The molecule has 1 amide bonds. The van der Waals surface area contributed by atoms with E-state index in [4.69, 9.17) is 16.6 Å². The topological polar surface area (TPSA) is 33.5 Å². The van der Waals surface area contributed by atoms with Gasteiger partial charge in [-0.15, -0.1) is 0 Å². The summed E-state index contributed by atoms with van der Waals surface area (Å²) in [5, 5.41) is 0. The summed E-state index contributed by atoms with van der Waals surface area (Å²) in [6.07, 6.45) is 1.69. The number of rotatable bonds is 3. The maximum atomic E-state index is 13.1. The summed E-state index contributed by atoms with van der Waals surface area (Å²) in [6, 6.07) is 17.3. The van der Waals surface area contributed by atoms with Crippen LogP contribution in [0, 0.1) is 12.7 Å². The van der Waals surface area contributed by atoms with Crippen LogP contribution in [-0.2, 0) is 4.79 Å². The van der Waals surface area contributed by atoms with Gasteiger partial charge in [-0.25, -0.2) is 4.39 Å². The van der Waals surface area contributed by atoms with Crippen LogP contribution in [0.5, 0.6) is 0 Å². The minimum absolute atomic E-state index is 0.168. The van der Waals surface area contributed by atoms with Gasteiger partial charge >= 0.3 is 0 Å². The van der Waals surface area contributed by atoms with Gasteiger partial charge in [-0.2, -0.15) is 0 Å². The van der Waals surface area contributed by atoms with Gasteiger partial charge in [-0.05, 0) is 55.0 Å². The Balaban J connectivity index is 1.62. The third-order valence-electron chi connectivity index (χ3n) is 4.18. The van der Waals surface area contributed by atoms with Crippen molar-refractivity contribution in [2.45, 2.75) is 6.92 Å². The molecular weight excluding hydrogens is 381 g/mol. The van der Waals surface area contributed by atoms with E-state index >= 15 is 0 Å². The van der Waals surface area contributed by atoms with Crippen LogP contribution >= 0.6 is 24.0 Å². The molecule has 3 nitrogen and oxygen atoms in total. The fourth-order valence-electron chi connectivity index (χ4n) is 2.82. The molecule has 0 bridgehead atoms. The fourth-order valence-corrected chi connectivity index (χ4v) is 4.08. The van der Waals surface area contributed by atoms with Crippen LogP contribution < -0.4 is 4.90 Å². The first-order valence-corrected chi connectivity index (χ1v) is 9.45. The van der Waals surface area contributed by atoms with Crippen molar-refractivity contribution >= 4 is 46.0 Å². The molecule has 3 aromatic rings. The summed E-state index contributed by atoms with van der Waals surface area (Å²) in [5.74, 6) is 0.680. The molecule has 1 aliphatic heterocycles. The van der Waals surface area contributed by atoms with E-state index in [2.05, 4.69) is 0 Å². The molecule has 6 heteroatoms. The second-order valence-corrected chi connectivity index (χ2v) is 7.69. The number of carbonyl (C=O) groups is 1. The maximum absolute atomic E-state index is 13.1. The molecule has 4 rings (SSSR count). The number of nitrogens with zero attached hydrogens (tertiary/aromatic N) is 1. The Kier molecular flexibility index (Phi) is 4.68. The molecule has 1 aromatic heterocycles. The lowest BCUT2D eigenvalue weighted by Crippen LogP contribution is -2.28. The summed E-state index contributed by atoms with van der Waals surface area (Å²) in [7, 11) is 0. The SMILES string of the molecule is Cc1ccccc1N1C(=O)/C(=C\c2ccc(-c3ccc(F)cc3)o2)SC1=S. The lowest BCUT2D eigenvalue weighted by Gasteiger charge is -2.16. The van der Waals surface area contributed by atoms with Crippen LogP contribution in [0.4, 0.5) is 10.1 Å². The van der Waals surface area contributed by atoms with Crippen molar-refractivity contribution in [3.63, 3.8) is 0 Å². The highest BCUT2D eigenvalue weighted by atomic mass is 32.2. The van der Waals surface area contributed by atoms with Crippen molar-refractivity contribution in [1.29, 1.82) is 0 Å². The van der Waals surface area contributed by atoms with E-state index in [9.17, 15) is 9.18 Å². The number of anilines is 1. The molecule has 0 atom stereocenters. The van der Waals surface area contributed by atoms with Crippen LogP contribution in [0.2, 0.25) is 0 Å². The number of furan rings is 1. The van der Waals surface area contributed by atoms with E-state index in [0.717, 1.165) is 16.8 Å². The zero-order chi connectivity index (χ0) is 19.0. The molecular formula is C21H14FNO2S2. The summed E-state index contributed by atoms with van der Waals surface area (Å²) in [5.41, 5.74) is 2.53. The average Bonchev–Trinajstić information content (AvgIpc) is 3.22. The van der Waals surface area contributed by atoms with E-state index in [1.54, 1.807) is 35.2 Å². The predicted molar refractivity (Wildman–Crippen MR) is 111 cm³/mol. The molecule has 0 spiro atoms. The Labute approximate surface area is 165 Å². The average molecular weight is 395 g/mol. The van der Waals surface area contributed by atoms with Crippen molar-refractivity contribution in [2.75, 3.05) is 4.90 Å². The van der Waals surface area contributed by atoms with E-state index in [0.29, 0.717) is 20.7 Å². The minimum atomic E-state index is -0.301. The molecule has 134 valence electrons. The molecule has 0 aliphatic carbocycles. The molecule has 1 fully saturated rings. The maximum Gasteiger partial charge on any atom is 0.270 e. The lowest BCUT2D eigenvalue weighted by molar-refractivity contribution is -0.113. The number of hydrogen-bond acceptors (Lipinski definition) is 4. The van der Waals surface area contributed by atoms with Gasteiger partial charge in [0.1, 0.15) is 17.3 Å². The Morgan fingerprint density at radius 1 is 1.07 bits per heavy atom. The zero-order valence-corrected chi connectivity index (χ0v) is 15.9. The van der Waals surface area contributed by atoms with Gasteiger partial charge in [0, 0.05) is 11.6 Å².